The van der Waals surface area contributed by atoms with E-state index >= 15 is 0 Å². The summed E-state index contributed by atoms with van der Waals surface area (Å²) in [6, 6.07) is 12.0. The Labute approximate surface area is 236 Å². The maximum Gasteiger partial charge on any atom is 0.277 e. The summed E-state index contributed by atoms with van der Waals surface area (Å²) in [4.78, 5) is 20.5. The summed E-state index contributed by atoms with van der Waals surface area (Å²) in [5, 5.41) is 19.9. The number of pyridine rings is 1. The maximum atomic E-state index is 14.5. The van der Waals surface area contributed by atoms with E-state index in [4.69, 9.17) is 5.26 Å². The molecule has 0 spiro atoms. The molecule has 212 valence electrons. The molecular weight excluding hydrogens is 550 g/mol. The fraction of sp³-hybridized carbons (Fsp3) is 0.267. The average Bonchev–Trinajstić information content (AvgIpc) is 2.95. The van der Waals surface area contributed by atoms with E-state index in [0.29, 0.717) is 28.7 Å². The number of benzene rings is 2. The topological polar surface area (TPSA) is 126 Å². The minimum absolute atomic E-state index is 0.162. The molecule has 1 atom stereocenters. The first-order valence-electron chi connectivity index (χ1n) is 13.1. The first-order chi connectivity index (χ1) is 19.5. The fourth-order valence-corrected chi connectivity index (χ4v) is 6.11. The van der Waals surface area contributed by atoms with E-state index in [-0.39, 0.29) is 29.1 Å². The highest BCUT2D eigenvalue weighted by Crippen LogP contribution is 2.31. The highest BCUT2D eigenvalue weighted by molar-refractivity contribution is 7.91. The number of aromatic nitrogens is 3. The van der Waals surface area contributed by atoms with Gasteiger partial charge in [0.05, 0.1) is 16.5 Å². The minimum Gasteiger partial charge on any atom is -0.492 e. The van der Waals surface area contributed by atoms with Crippen LogP contribution >= 0.6 is 0 Å². The number of unbranched alkanes of at least 4 members (excludes halogenated alkanes) is 1. The van der Waals surface area contributed by atoms with E-state index in [1.807, 2.05) is 6.92 Å². The van der Waals surface area contributed by atoms with Crippen molar-refractivity contribution in [1.82, 2.24) is 14.5 Å². The predicted octanol–water partition coefficient (Wildman–Crippen LogP) is 5.64. The average molecular weight is 579 g/mol. The van der Waals surface area contributed by atoms with E-state index in [2.05, 4.69) is 9.97 Å². The van der Waals surface area contributed by atoms with Gasteiger partial charge in [-0.2, -0.15) is 14.6 Å². The van der Waals surface area contributed by atoms with Crippen LogP contribution in [0, 0.1) is 30.0 Å². The molecule has 2 aromatic carbocycles. The minimum atomic E-state index is -4.57. The quantitative estimate of drug-likeness (QED) is 0.255. The first kappa shape index (κ1) is 29.6. The van der Waals surface area contributed by atoms with Crippen LogP contribution in [0.3, 0.4) is 0 Å². The van der Waals surface area contributed by atoms with Gasteiger partial charge in [-0.05, 0) is 66.8 Å². The second kappa shape index (κ2) is 12.0. The van der Waals surface area contributed by atoms with E-state index in [0.717, 1.165) is 12.5 Å². The normalized spacial score (nSPS) is 12.2. The summed E-state index contributed by atoms with van der Waals surface area (Å²) in [5.74, 6) is -2.17. The standard InChI is InChI=1S/C30H28F2N4O4S/c1-4-6-7-26-35-29(37)27(30(38)36(26)25(5-2)20-8-9-21(17-33)24(31)16-20)41(39,40)22-12-10-19(11-13-22)23-14-15-34-28(32)18(23)3/h8-16,25,37H,4-7H2,1-3H3/t25-/m0/s1. The molecule has 8 nitrogen and oxygen atoms in total. The molecule has 0 aliphatic heterocycles. The Morgan fingerprint density at radius 3 is 2.41 bits per heavy atom. The van der Waals surface area contributed by atoms with Crippen LogP contribution in [0.1, 0.15) is 61.7 Å². The van der Waals surface area contributed by atoms with Crippen molar-refractivity contribution in [3.05, 3.63) is 99.4 Å². The maximum absolute atomic E-state index is 14.5. The molecule has 4 aromatic rings. The van der Waals surface area contributed by atoms with Gasteiger partial charge in [0.2, 0.25) is 21.7 Å². The zero-order valence-electron chi connectivity index (χ0n) is 22.7. The SMILES string of the molecule is CCCCc1nc(O)c(S(=O)(=O)c2ccc(-c3ccnc(F)c3C)cc2)c(=O)n1[C@@H](CC)c1ccc(C#N)c(F)c1. The van der Waals surface area contributed by atoms with Crippen molar-refractivity contribution in [2.24, 2.45) is 0 Å². The van der Waals surface area contributed by atoms with Crippen molar-refractivity contribution in [3.63, 3.8) is 0 Å². The number of sulfone groups is 1. The van der Waals surface area contributed by atoms with Crippen molar-refractivity contribution in [2.75, 3.05) is 0 Å². The molecule has 4 rings (SSSR count). The number of nitrogens with zero attached hydrogens (tertiary/aromatic N) is 4. The summed E-state index contributed by atoms with van der Waals surface area (Å²) < 4.78 is 57.1. The highest BCUT2D eigenvalue weighted by Gasteiger charge is 2.32. The van der Waals surface area contributed by atoms with Gasteiger partial charge >= 0.3 is 0 Å². The Hall–Kier alpha value is -4.43. The number of hydrogen-bond donors (Lipinski definition) is 1. The lowest BCUT2D eigenvalue weighted by Crippen LogP contribution is -2.33. The molecule has 11 heteroatoms. The predicted molar refractivity (Wildman–Crippen MR) is 148 cm³/mol. The van der Waals surface area contributed by atoms with Gasteiger partial charge in [0.25, 0.3) is 5.56 Å². The second-order valence-corrected chi connectivity index (χ2v) is 11.4. The van der Waals surface area contributed by atoms with Crippen molar-refractivity contribution >= 4 is 9.84 Å². The molecule has 1 N–H and O–H groups in total. The molecule has 2 aromatic heterocycles. The van der Waals surface area contributed by atoms with E-state index in [9.17, 15) is 27.1 Å². The van der Waals surface area contributed by atoms with Gasteiger partial charge in [-0.1, -0.05) is 38.5 Å². The Bertz CT molecular complexity index is 1810. The van der Waals surface area contributed by atoms with E-state index < -0.39 is 44.0 Å². The second-order valence-electron chi connectivity index (χ2n) is 9.54. The van der Waals surface area contributed by atoms with Crippen LogP contribution in [-0.4, -0.2) is 28.1 Å². The zero-order chi connectivity index (χ0) is 29.9. The van der Waals surface area contributed by atoms with Gasteiger partial charge in [-0.15, -0.1) is 0 Å². The van der Waals surface area contributed by atoms with Crippen molar-refractivity contribution in [3.8, 4) is 23.1 Å². The molecular formula is C30H28F2N4O4S. The Morgan fingerprint density at radius 2 is 1.80 bits per heavy atom. The van der Waals surface area contributed by atoms with Gasteiger partial charge in [0.15, 0.2) is 4.90 Å². The Balaban J connectivity index is 1.88. The molecule has 0 saturated heterocycles. The third kappa shape index (κ3) is 5.60. The number of halogens is 2. The number of aromatic hydroxyl groups is 1. The summed E-state index contributed by atoms with van der Waals surface area (Å²) >= 11 is 0. The van der Waals surface area contributed by atoms with Gasteiger partial charge in [-0.25, -0.2) is 17.8 Å². The lowest BCUT2D eigenvalue weighted by atomic mass is 10.0. The van der Waals surface area contributed by atoms with E-state index in [1.54, 1.807) is 26.0 Å². The molecule has 2 heterocycles. The summed E-state index contributed by atoms with van der Waals surface area (Å²) in [6.45, 7) is 5.23. The summed E-state index contributed by atoms with van der Waals surface area (Å²) in [5.41, 5.74) is 0.545. The van der Waals surface area contributed by atoms with Crippen LogP contribution in [0.4, 0.5) is 8.78 Å². The third-order valence-corrected chi connectivity index (χ3v) is 8.75. The van der Waals surface area contributed by atoms with Gasteiger partial charge < -0.3 is 5.11 Å². The fourth-order valence-electron chi connectivity index (χ4n) is 4.77. The largest absolute Gasteiger partial charge is 0.492 e. The van der Waals surface area contributed by atoms with Crippen LogP contribution in [0.2, 0.25) is 0 Å². The van der Waals surface area contributed by atoms with Crippen LogP contribution < -0.4 is 5.56 Å². The van der Waals surface area contributed by atoms with Crippen LogP contribution in [0.25, 0.3) is 11.1 Å². The number of nitriles is 1. The smallest absolute Gasteiger partial charge is 0.277 e. The Kier molecular flexibility index (Phi) is 8.63. The molecule has 0 aliphatic rings. The number of rotatable bonds is 9. The zero-order valence-corrected chi connectivity index (χ0v) is 23.5. The lowest BCUT2D eigenvalue weighted by Gasteiger charge is -2.23. The van der Waals surface area contributed by atoms with Crippen molar-refractivity contribution in [2.45, 2.75) is 62.3 Å². The number of hydrogen-bond acceptors (Lipinski definition) is 7. The monoisotopic (exact) mass is 578 g/mol. The van der Waals surface area contributed by atoms with Gasteiger partial charge in [0, 0.05) is 18.2 Å². The molecule has 0 amide bonds. The van der Waals surface area contributed by atoms with Crippen LogP contribution in [0.5, 0.6) is 5.88 Å². The van der Waals surface area contributed by atoms with Gasteiger partial charge in [-0.3, -0.25) is 9.36 Å². The van der Waals surface area contributed by atoms with Crippen LogP contribution in [0.15, 0.2) is 69.3 Å². The lowest BCUT2D eigenvalue weighted by molar-refractivity contribution is 0.406. The summed E-state index contributed by atoms with van der Waals surface area (Å²) in [6.07, 6.45) is 3.19. The van der Waals surface area contributed by atoms with Crippen molar-refractivity contribution < 1.29 is 22.3 Å². The molecule has 0 fully saturated rings. The molecule has 0 aliphatic carbocycles. The molecule has 0 unspecified atom stereocenters. The molecule has 41 heavy (non-hydrogen) atoms. The highest BCUT2D eigenvalue weighted by atomic mass is 32.2. The molecule has 0 bridgehead atoms. The summed E-state index contributed by atoms with van der Waals surface area (Å²) in [7, 11) is -4.57. The molecule has 0 saturated carbocycles. The van der Waals surface area contributed by atoms with E-state index in [1.165, 1.54) is 47.2 Å². The van der Waals surface area contributed by atoms with Crippen LogP contribution in [-0.2, 0) is 16.3 Å². The number of aryl methyl sites for hydroxylation is 1. The third-order valence-electron chi connectivity index (χ3n) is 6.97. The van der Waals surface area contributed by atoms with Crippen molar-refractivity contribution in [1.29, 1.82) is 5.26 Å². The molecule has 0 radical (unpaired) electrons. The van der Waals surface area contributed by atoms with Gasteiger partial charge in [0.1, 0.15) is 17.7 Å². The Morgan fingerprint density at radius 1 is 1.10 bits per heavy atom. The first-order valence-corrected chi connectivity index (χ1v) is 14.5.